The number of hydrogen-bond donors (Lipinski definition) is 0. The van der Waals surface area contributed by atoms with Crippen LogP contribution >= 0.6 is 23.2 Å². The first-order chi connectivity index (χ1) is 9.22. The van der Waals surface area contributed by atoms with Crippen LogP contribution in [0.15, 0.2) is 53.5 Å². The topological polar surface area (TPSA) is 12.4 Å². The Bertz CT molecular complexity index is 667. The van der Waals surface area contributed by atoms with Gasteiger partial charge in [0.2, 0.25) is 0 Å². The van der Waals surface area contributed by atoms with Crippen LogP contribution in [-0.4, -0.2) is 6.21 Å². The van der Waals surface area contributed by atoms with Crippen molar-refractivity contribution in [1.29, 1.82) is 0 Å². The second-order valence-corrected chi connectivity index (χ2v) is 5.28. The van der Waals surface area contributed by atoms with E-state index in [1.54, 1.807) is 18.2 Å². The molecule has 2 aromatic rings. The van der Waals surface area contributed by atoms with Crippen molar-refractivity contribution in [3.05, 3.63) is 69.7 Å². The normalized spacial score (nSPS) is 13.7. The smallest absolute Gasteiger partial charge is 0.0659 e. The number of aliphatic imine (C=N–C) groups is 1. The van der Waals surface area contributed by atoms with E-state index in [1.807, 2.05) is 12.3 Å². The second kappa shape index (κ2) is 5.20. The standard InChI is InChI=1S/C16H11Cl2N/c17-13-7-14(18)9-15(8-13)19-10-12-6-5-11-3-1-2-4-16(11)12/h1-4,6-10H,5H2. The predicted octanol–water partition coefficient (Wildman–Crippen LogP) is 5.34. The minimum Gasteiger partial charge on any atom is -0.256 e. The molecule has 94 valence electrons. The molecule has 0 atom stereocenters. The van der Waals surface area contributed by atoms with Crippen molar-refractivity contribution in [3.8, 4) is 0 Å². The Balaban J connectivity index is 1.88. The molecule has 1 nitrogen and oxygen atoms in total. The summed E-state index contributed by atoms with van der Waals surface area (Å²) in [5.41, 5.74) is 4.50. The van der Waals surface area contributed by atoms with E-state index in [0.29, 0.717) is 10.0 Å². The largest absolute Gasteiger partial charge is 0.256 e. The molecule has 1 aliphatic carbocycles. The monoisotopic (exact) mass is 287 g/mol. The van der Waals surface area contributed by atoms with Gasteiger partial charge in [-0.25, -0.2) is 0 Å². The van der Waals surface area contributed by atoms with Gasteiger partial charge >= 0.3 is 0 Å². The molecular formula is C16H11Cl2N. The molecule has 0 unspecified atom stereocenters. The third-order valence-corrected chi connectivity index (χ3v) is 3.51. The summed E-state index contributed by atoms with van der Waals surface area (Å²) in [7, 11) is 0. The highest BCUT2D eigenvalue weighted by Gasteiger charge is 2.10. The van der Waals surface area contributed by atoms with Crippen LogP contribution in [0.5, 0.6) is 0 Å². The number of rotatable bonds is 2. The molecule has 0 bridgehead atoms. The van der Waals surface area contributed by atoms with Crippen molar-refractivity contribution in [2.45, 2.75) is 6.42 Å². The molecule has 0 heterocycles. The summed E-state index contributed by atoms with van der Waals surface area (Å²) in [5, 5.41) is 1.20. The quantitative estimate of drug-likeness (QED) is 0.662. The third kappa shape index (κ3) is 2.73. The fourth-order valence-electron chi connectivity index (χ4n) is 2.19. The minimum atomic E-state index is 0.598. The lowest BCUT2D eigenvalue weighted by molar-refractivity contribution is 1.31. The van der Waals surface area contributed by atoms with Crippen molar-refractivity contribution in [3.63, 3.8) is 0 Å². The second-order valence-electron chi connectivity index (χ2n) is 4.41. The highest BCUT2D eigenvalue weighted by molar-refractivity contribution is 6.35. The van der Waals surface area contributed by atoms with Crippen LogP contribution in [0, 0.1) is 0 Å². The summed E-state index contributed by atoms with van der Waals surface area (Å²) in [6.07, 6.45) is 5.02. The first-order valence-corrected chi connectivity index (χ1v) is 6.76. The van der Waals surface area contributed by atoms with Crippen molar-refractivity contribution in [2.75, 3.05) is 0 Å². The Hall–Kier alpha value is -1.57. The summed E-state index contributed by atoms with van der Waals surface area (Å²) < 4.78 is 0. The molecular weight excluding hydrogens is 277 g/mol. The average molecular weight is 288 g/mol. The van der Waals surface area contributed by atoms with Gasteiger partial charge in [-0.3, -0.25) is 4.99 Å². The van der Waals surface area contributed by atoms with Crippen LogP contribution in [0.25, 0.3) is 5.57 Å². The van der Waals surface area contributed by atoms with Gasteiger partial charge in [-0.15, -0.1) is 0 Å². The molecule has 0 saturated heterocycles. The van der Waals surface area contributed by atoms with Crippen molar-refractivity contribution < 1.29 is 0 Å². The minimum absolute atomic E-state index is 0.598. The maximum atomic E-state index is 5.95. The van der Waals surface area contributed by atoms with Gasteiger partial charge in [-0.1, -0.05) is 53.5 Å². The highest BCUT2D eigenvalue weighted by atomic mass is 35.5. The predicted molar refractivity (Wildman–Crippen MR) is 82.7 cm³/mol. The Kier molecular flexibility index (Phi) is 3.41. The summed E-state index contributed by atoms with van der Waals surface area (Å²) in [5.74, 6) is 0. The average Bonchev–Trinajstić information content (AvgIpc) is 2.78. The van der Waals surface area contributed by atoms with E-state index in [4.69, 9.17) is 23.2 Å². The molecule has 0 aliphatic heterocycles. The Labute approximate surface area is 122 Å². The molecule has 2 aromatic carbocycles. The third-order valence-electron chi connectivity index (χ3n) is 3.07. The zero-order valence-electron chi connectivity index (χ0n) is 10.1. The molecule has 0 spiro atoms. The first kappa shape index (κ1) is 12.5. The molecule has 0 N–H and O–H groups in total. The van der Waals surface area contributed by atoms with Crippen LogP contribution in [0.3, 0.4) is 0 Å². The van der Waals surface area contributed by atoms with E-state index >= 15 is 0 Å². The van der Waals surface area contributed by atoms with Gasteiger partial charge in [0, 0.05) is 16.3 Å². The van der Waals surface area contributed by atoms with E-state index in [2.05, 4.69) is 29.3 Å². The molecule has 3 rings (SSSR count). The van der Waals surface area contributed by atoms with E-state index in [-0.39, 0.29) is 0 Å². The molecule has 0 aromatic heterocycles. The zero-order chi connectivity index (χ0) is 13.2. The number of nitrogens with zero attached hydrogens (tertiary/aromatic N) is 1. The molecule has 1 aliphatic rings. The van der Waals surface area contributed by atoms with Crippen molar-refractivity contribution >= 4 is 40.7 Å². The van der Waals surface area contributed by atoms with Crippen LogP contribution in [-0.2, 0) is 6.42 Å². The maximum absolute atomic E-state index is 5.95. The molecule has 19 heavy (non-hydrogen) atoms. The van der Waals surface area contributed by atoms with Gasteiger partial charge < -0.3 is 0 Å². The van der Waals surface area contributed by atoms with Crippen LogP contribution in [0.4, 0.5) is 5.69 Å². The highest BCUT2D eigenvalue weighted by Crippen LogP contribution is 2.28. The Morgan fingerprint density at radius 2 is 1.74 bits per heavy atom. The number of hydrogen-bond acceptors (Lipinski definition) is 1. The lowest BCUT2D eigenvalue weighted by Gasteiger charge is -2.00. The fraction of sp³-hybridized carbons (Fsp3) is 0.0625. The summed E-state index contributed by atoms with van der Waals surface area (Å²) in [6, 6.07) is 13.7. The summed E-state index contributed by atoms with van der Waals surface area (Å²) >= 11 is 11.9. The number of fused-ring (bicyclic) bond motifs is 1. The SMILES string of the molecule is Clc1cc(Cl)cc(N=CC2=CCc3ccccc32)c1. The van der Waals surface area contributed by atoms with Gasteiger partial charge in [0.05, 0.1) is 5.69 Å². The lowest BCUT2D eigenvalue weighted by Crippen LogP contribution is -1.84. The maximum Gasteiger partial charge on any atom is 0.0659 e. The van der Waals surface area contributed by atoms with Gasteiger partial charge in [-0.05, 0) is 41.3 Å². The van der Waals surface area contributed by atoms with E-state index in [0.717, 1.165) is 17.7 Å². The van der Waals surface area contributed by atoms with Crippen molar-refractivity contribution in [1.82, 2.24) is 0 Å². The van der Waals surface area contributed by atoms with Gasteiger partial charge in [0.25, 0.3) is 0 Å². The van der Waals surface area contributed by atoms with Crippen LogP contribution in [0.1, 0.15) is 11.1 Å². The van der Waals surface area contributed by atoms with Gasteiger partial charge in [0.1, 0.15) is 0 Å². The number of allylic oxidation sites excluding steroid dienone is 2. The van der Waals surface area contributed by atoms with E-state index in [1.165, 1.54) is 11.1 Å². The molecule has 0 fully saturated rings. The van der Waals surface area contributed by atoms with Crippen molar-refractivity contribution in [2.24, 2.45) is 4.99 Å². The summed E-state index contributed by atoms with van der Waals surface area (Å²) in [6.45, 7) is 0. The van der Waals surface area contributed by atoms with Crippen LogP contribution in [0.2, 0.25) is 10.0 Å². The van der Waals surface area contributed by atoms with E-state index < -0.39 is 0 Å². The Morgan fingerprint density at radius 3 is 2.53 bits per heavy atom. The molecule has 3 heteroatoms. The summed E-state index contributed by atoms with van der Waals surface area (Å²) in [4.78, 5) is 4.45. The number of halogens is 2. The first-order valence-electron chi connectivity index (χ1n) is 6.01. The molecule has 0 amide bonds. The molecule has 0 saturated carbocycles. The Morgan fingerprint density at radius 1 is 1.00 bits per heavy atom. The fourth-order valence-corrected chi connectivity index (χ4v) is 2.70. The zero-order valence-corrected chi connectivity index (χ0v) is 11.6. The van der Waals surface area contributed by atoms with E-state index in [9.17, 15) is 0 Å². The van der Waals surface area contributed by atoms with Gasteiger partial charge in [0.15, 0.2) is 0 Å². The molecule has 0 radical (unpaired) electrons. The van der Waals surface area contributed by atoms with Gasteiger partial charge in [-0.2, -0.15) is 0 Å². The number of benzene rings is 2. The van der Waals surface area contributed by atoms with Crippen LogP contribution < -0.4 is 0 Å². The lowest BCUT2D eigenvalue weighted by atomic mass is 10.1.